The van der Waals surface area contributed by atoms with Crippen molar-refractivity contribution in [2.24, 2.45) is 0 Å². The molecule has 1 atom stereocenters. The van der Waals surface area contributed by atoms with Crippen molar-refractivity contribution in [3.8, 4) is 28.7 Å². The first kappa shape index (κ1) is 25.6. The van der Waals surface area contributed by atoms with E-state index in [1.54, 1.807) is 47.7 Å². The molecule has 0 aliphatic heterocycles. The van der Waals surface area contributed by atoms with Gasteiger partial charge in [0.1, 0.15) is 0 Å². The highest BCUT2D eigenvalue weighted by molar-refractivity contribution is 6.35. The molecule has 0 saturated heterocycles. The van der Waals surface area contributed by atoms with Crippen molar-refractivity contribution in [2.75, 3.05) is 35.5 Å². The first-order chi connectivity index (χ1) is 16.2. The Balaban J connectivity index is 2.25. The van der Waals surface area contributed by atoms with E-state index in [-0.39, 0.29) is 27.0 Å². The van der Waals surface area contributed by atoms with Gasteiger partial charge in [0, 0.05) is 12.0 Å². The van der Waals surface area contributed by atoms with E-state index in [0.29, 0.717) is 39.9 Å². The molecule has 0 fully saturated rings. The maximum Gasteiger partial charge on any atom is 0.236 e. The summed E-state index contributed by atoms with van der Waals surface area (Å²) in [5.74, 6) is 2.60. The molecule has 3 rings (SSSR count). The quantitative estimate of drug-likeness (QED) is 0.472. The molecule has 0 bridgehead atoms. The number of carbonyl (C=O) groups excluding carboxylic acids is 1. The highest BCUT2D eigenvalue weighted by Gasteiger charge is 2.36. The van der Waals surface area contributed by atoms with Crippen molar-refractivity contribution in [3.63, 3.8) is 0 Å². The summed E-state index contributed by atoms with van der Waals surface area (Å²) in [6.07, 6.45) is -0.143. The Morgan fingerprint density at radius 3 is 1.82 bits per heavy atom. The van der Waals surface area contributed by atoms with Gasteiger partial charge in [-0.1, -0.05) is 26.8 Å². The van der Waals surface area contributed by atoms with Gasteiger partial charge >= 0.3 is 0 Å². The van der Waals surface area contributed by atoms with Crippen molar-refractivity contribution >= 4 is 26.7 Å². The van der Waals surface area contributed by atoms with Gasteiger partial charge in [-0.05, 0) is 46.0 Å². The van der Waals surface area contributed by atoms with E-state index in [2.05, 4.69) is 20.8 Å². The van der Waals surface area contributed by atoms with Crippen LogP contribution >= 0.6 is 0 Å². The fraction of sp³-hybridized carbons (Fsp3) is 0.423. The summed E-state index contributed by atoms with van der Waals surface area (Å²) in [6, 6.07) is 9.22. The second kappa shape index (κ2) is 10.5. The fourth-order valence-corrected chi connectivity index (χ4v) is 4.61. The largest absolute Gasteiger partial charge is 0.493 e. The van der Waals surface area contributed by atoms with Crippen molar-refractivity contribution in [1.82, 2.24) is 0 Å². The second-order valence-corrected chi connectivity index (χ2v) is 10.8. The highest BCUT2D eigenvalue weighted by atomic mass is 28.2. The molecule has 182 valence electrons. The lowest BCUT2D eigenvalue weighted by Gasteiger charge is -2.22. The topological polar surface area (TPSA) is 72.5 Å². The predicted octanol–water partition coefficient (Wildman–Crippen LogP) is 4.84. The number of allylic oxidation sites excluding steroid dienone is 1. The molecule has 0 aromatic heterocycles. The molecule has 0 amide bonds. The standard InChI is InChI=1S/C26H32O7Si/c1-26(2,3)34-33-20-14-17(27)23(16-12-21(30-6)25(32-8)22(13-16)31-7)24(20)15-9-10-18(28-4)19(11-15)29-5/h9-13,20H,14H2,1-8H3. The molecule has 2 aromatic carbocycles. The van der Waals surface area contributed by atoms with Crippen LogP contribution < -0.4 is 23.7 Å². The summed E-state index contributed by atoms with van der Waals surface area (Å²) in [5.41, 5.74) is 2.87. The van der Waals surface area contributed by atoms with Crippen LogP contribution in [0.3, 0.4) is 0 Å². The number of hydrogen-bond acceptors (Lipinski definition) is 7. The Morgan fingerprint density at radius 1 is 0.765 bits per heavy atom. The van der Waals surface area contributed by atoms with E-state index < -0.39 is 6.10 Å². The average Bonchev–Trinajstić information content (AvgIpc) is 3.16. The number of ether oxygens (including phenoxy) is 5. The third-order valence-electron chi connectivity index (χ3n) is 5.40. The van der Waals surface area contributed by atoms with Gasteiger partial charge in [0.05, 0.1) is 41.7 Å². The second-order valence-electron chi connectivity index (χ2n) is 8.86. The highest BCUT2D eigenvalue weighted by Crippen LogP contribution is 2.46. The number of benzene rings is 2. The molecule has 0 heterocycles. The number of ketones is 1. The molecule has 1 unspecified atom stereocenters. The first-order valence-corrected chi connectivity index (χ1v) is 11.8. The Labute approximate surface area is 203 Å². The SMILES string of the molecule is COc1ccc(C2=C(c3cc(OC)c(OC)c(OC)c3)C(=O)CC2O[Si]C(C)(C)C)cc1OC. The van der Waals surface area contributed by atoms with Gasteiger partial charge in [-0.2, -0.15) is 0 Å². The zero-order chi connectivity index (χ0) is 25.0. The van der Waals surface area contributed by atoms with Crippen LogP contribution in [0.2, 0.25) is 5.04 Å². The van der Waals surface area contributed by atoms with Gasteiger partial charge in [0.2, 0.25) is 15.5 Å². The molecule has 2 aromatic rings. The number of carbonyl (C=O) groups is 1. The number of hydrogen-bond donors (Lipinski definition) is 0. The Kier molecular flexibility index (Phi) is 7.94. The molecular weight excluding hydrogens is 452 g/mol. The van der Waals surface area contributed by atoms with Crippen LogP contribution in [0, 0.1) is 0 Å². The third kappa shape index (κ3) is 5.23. The maximum atomic E-state index is 13.4. The van der Waals surface area contributed by atoms with Gasteiger partial charge in [-0.15, -0.1) is 0 Å². The lowest BCUT2D eigenvalue weighted by atomic mass is 9.95. The van der Waals surface area contributed by atoms with Crippen LogP contribution in [0.15, 0.2) is 30.3 Å². The molecule has 0 saturated carbocycles. The maximum absolute atomic E-state index is 13.4. The molecule has 2 radical (unpaired) electrons. The number of Topliss-reactive ketones (excluding diaryl/α,β-unsaturated/α-hetero) is 1. The van der Waals surface area contributed by atoms with E-state index in [4.69, 9.17) is 28.1 Å². The smallest absolute Gasteiger partial charge is 0.236 e. The summed E-state index contributed by atoms with van der Waals surface area (Å²) in [4.78, 5) is 13.4. The van der Waals surface area contributed by atoms with Gasteiger partial charge in [-0.25, -0.2) is 0 Å². The normalized spacial score (nSPS) is 16.0. The van der Waals surface area contributed by atoms with Gasteiger partial charge < -0.3 is 28.1 Å². The summed E-state index contributed by atoms with van der Waals surface area (Å²) in [5, 5.41) is -0.0267. The Bertz CT molecular complexity index is 1060. The Hall–Kier alpha value is -2.97. The van der Waals surface area contributed by atoms with Gasteiger partial charge in [0.25, 0.3) is 0 Å². The lowest BCUT2D eigenvalue weighted by Crippen LogP contribution is -2.21. The lowest BCUT2D eigenvalue weighted by molar-refractivity contribution is -0.114. The summed E-state index contributed by atoms with van der Waals surface area (Å²) in [7, 11) is 8.05. The predicted molar refractivity (Wildman–Crippen MR) is 132 cm³/mol. The summed E-state index contributed by atoms with van der Waals surface area (Å²) < 4.78 is 33.8. The number of rotatable bonds is 9. The molecule has 0 spiro atoms. The zero-order valence-corrected chi connectivity index (χ0v) is 22.0. The van der Waals surface area contributed by atoms with Crippen LogP contribution in [0.4, 0.5) is 0 Å². The minimum Gasteiger partial charge on any atom is -0.493 e. The van der Waals surface area contributed by atoms with Crippen molar-refractivity contribution < 1.29 is 32.9 Å². The summed E-state index contributed by atoms with van der Waals surface area (Å²) in [6.45, 7) is 6.34. The van der Waals surface area contributed by atoms with E-state index in [1.807, 2.05) is 18.2 Å². The molecule has 0 N–H and O–H groups in total. The van der Waals surface area contributed by atoms with Gasteiger partial charge in [-0.3, -0.25) is 4.79 Å². The third-order valence-corrected chi connectivity index (χ3v) is 6.41. The molecule has 7 nitrogen and oxygen atoms in total. The van der Waals surface area contributed by atoms with Crippen LogP contribution in [0.25, 0.3) is 11.1 Å². The molecular formula is C26H32O7Si. The van der Waals surface area contributed by atoms with Crippen LogP contribution in [0.5, 0.6) is 28.7 Å². The van der Waals surface area contributed by atoms with Gasteiger partial charge in [0.15, 0.2) is 28.8 Å². The van der Waals surface area contributed by atoms with E-state index >= 15 is 0 Å². The molecule has 8 heteroatoms. The molecule has 34 heavy (non-hydrogen) atoms. The van der Waals surface area contributed by atoms with E-state index in [0.717, 1.165) is 11.1 Å². The Morgan fingerprint density at radius 2 is 1.32 bits per heavy atom. The molecule has 1 aliphatic carbocycles. The summed E-state index contributed by atoms with van der Waals surface area (Å²) >= 11 is 0. The van der Waals surface area contributed by atoms with E-state index in [9.17, 15) is 4.79 Å². The van der Waals surface area contributed by atoms with Crippen LogP contribution in [-0.4, -0.2) is 57.2 Å². The van der Waals surface area contributed by atoms with Crippen molar-refractivity contribution in [1.29, 1.82) is 0 Å². The monoisotopic (exact) mass is 484 g/mol. The van der Waals surface area contributed by atoms with Crippen molar-refractivity contribution in [3.05, 3.63) is 41.5 Å². The minimum atomic E-state index is -0.391. The fourth-order valence-electron chi connectivity index (χ4n) is 3.91. The number of methoxy groups -OCH3 is 5. The van der Waals surface area contributed by atoms with Crippen LogP contribution in [-0.2, 0) is 9.22 Å². The zero-order valence-electron chi connectivity index (χ0n) is 21.0. The molecule has 1 aliphatic rings. The minimum absolute atomic E-state index is 0.0113. The average molecular weight is 485 g/mol. The van der Waals surface area contributed by atoms with Crippen LogP contribution in [0.1, 0.15) is 38.3 Å². The van der Waals surface area contributed by atoms with Crippen molar-refractivity contribution in [2.45, 2.75) is 38.3 Å². The first-order valence-electron chi connectivity index (χ1n) is 10.9. The van der Waals surface area contributed by atoms with E-state index in [1.165, 1.54) is 0 Å².